The molecule has 5 nitrogen and oxygen atoms in total. The van der Waals surface area contributed by atoms with E-state index < -0.39 is 21.4 Å². The molecule has 0 saturated carbocycles. The van der Waals surface area contributed by atoms with Crippen LogP contribution in [0.4, 0.5) is 4.39 Å². The van der Waals surface area contributed by atoms with Gasteiger partial charge in [-0.25, -0.2) is 12.8 Å². The fourth-order valence-corrected chi connectivity index (χ4v) is 3.62. The number of piperidine rings is 1. The molecule has 1 aliphatic heterocycles. The highest BCUT2D eigenvalue weighted by Crippen LogP contribution is 2.28. The smallest absolute Gasteiger partial charge is 0.243 e. The van der Waals surface area contributed by atoms with Crippen molar-refractivity contribution in [3.63, 3.8) is 0 Å². The normalized spacial score (nSPS) is 19.8. The Hall–Kier alpha value is -1.18. The second-order valence-corrected chi connectivity index (χ2v) is 7.14. The molecular formula is C13H18FNO4S. The van der Waals surface area contributed by atoms with Gasteiger partial charge >= 0.3 is 0 Å². The standard InChI is InChI=1S/C13H18FNO4S/c1-13(16)5-7-15(8-6-13)20(17,18)10-3-4-12(19-2)11(14)9-10/h3-4,9,16H,5-8H2,1-2H3. The van der Waals surface area contributed by atoms with Crippen LogP contribution in [0, 0.1) is 5.82 Å². The lowest BCUT2D eigenvalue weighted by molar-refractivity contribution is 0.0126. The van der Waals surface area contributed by atoms with Crippen LogP contribution < -0.4 is 4.74 Å². The Balaban J connectivity index is 2.25. The third-order valence-electron chi connectivity index (χ3n) is 3.56. The summed E-state index contributed by atoms with van der Waals surface area (Å²) in [5.41, 5.74) is -0.836. The number of methoxy groups -OCH3 is 1. The fourth-order valence-electron chi connectivity index (χ4n) is 2.16. The van der Waals surface area contributed by atoms with Crippen LogP contribution in [0.2, 0.25) is 0 Å². The first-order valence-corrected chi connectivity index (χ1v) is 7.76. The molecule has 1 fully saturated rings. The van der Waals surface area contributed by atoms with Gasteiger partial charge in [0, 0.05) is 13.1 Å². The molecule has 112 valence electrons. The van der Waals surface area contributed by atoms with E-state index >= 15 is 0 Å². The summed E-state index contributed by atoms with van der Waals surface area (Å²) < 4.78 is 44.4. The van der Waals surface area contributed by atoms with Crippen LogP contribution in [-0.4, -0.2) is 43.6 Å². The van der Waals surface area contributed by atoms with Crippen molar-refractivity contribution in [3.8, 4) is 5.75 Å². The van der Waals surface area contributed by atoms with E-state index in [1.165, 1.54) is 23.5 Å². The van der Waals surface area contributed by atoms with E-state index in [1.807, 2.05) is 0 Å². The maximum absolute atomic E-state index is 13.6. The number of hydrogen-bond acceptors (Lipinski definition) is 4. The van der Waals surface area contributed by atoms with E-state index in [9.17, 15) is 17.9 Å². The molecule has 0 aromatic heterocycles. The number of benzene rings is 1. The second-order valence-electron chi connectivity index (χ2n) is 5.20. The molecule has 0 amide bonds. The van der Waals surface area contributed by atoms with Crippen LogP contribution >= 0.6 is 0 Å². The topological polar surface area (TPSA) is 66.8 Å². The highest BCUT2D eigenvalue weighted by Gasteiger charge is 2.34. The molecule has 1 N–H and O–H groups in total. The van der Waals surface area contributed by atoms with Gasteiger partial charge in [0.1, 0.15) is 0 Å². The summed E-state index contributed by atoms with van der Waals surface area (Å²) in [6, 6.07) is 3.58. The Morgan fingerprint density at radius 3 is 2.45 bits per heavy atom. The summed E-state index contributed by atoms with van der Waals surface area (Å²) >= 11 is 0. The Kier molecular flexibility index (Phi) is 4.04. The van der Waals surface area contributed by atoms with Gasteiger partial charge in [0.15, 0.2) is 11.6 Å². The molecule has 2 rings (SSSR count). The summed E-state index contributed by atoms with van der Waals surface area (Å²) in [5.74, 6) is -0.705. The minimum atomic E-state index is -3.73. The van der Waals surface area contributed by atoms with Crippen molar-refractivity contribution < 1.29 is 22.7 Å². The van der Waals surface area contributed by atoms with E-state index in [0.29, 0.717) is 12.8 Å². The van der Waals surface area contributed by atoms with Crippen molar-refractivity contribution in [2.45, 2.75) is 30.3 Å². The highest BCUT2D eigenvalue weighted by molar-refractivity contribution is 7.89. The number of nitrogens with zero attached hydrogens (tertiary/aromatic N) is 1. The Labute approximate surface area is 118 Å². The summed E-state index contributed by atoms with van der Waals surface area (Å²) in [4.78, 5) is -0.0997. The third kappa shape index (κ3) is 2.94. The zero-order valence-electron chi connectivity index (χ0n) is 11.5. The van der Waals surface area contributed by atoms with Gasteiger partial charge in [0.2, 0.25) is 10.0 Å². The predicted molar refractivity (Wildman–Crippen MR) is 71.6 cm³/mol. The summed E-state index contributed by atoms with van der Waals surface area (Å²) in [6.45, 7) is 2.13. The van der Waals surface area contributed by atoms with Crippen LogP contribution in [0.25, 0.3) is 0 Å². The number of hydrogen-bond donors (Lipinski definition) is 1. The molecule has 0 bridgehead atoms. The molecule has 1 heterocycles. The first-order valence-electron chi connectivity index (χ1n) is 6.32. The third-order valence-corrected chi connectivity index (χ3v) is 5.46. The van der Waals surface area contributed by atoms with Crippen LogP contribution in [0.5, 0.6) is 5.75 Å². The number of aliphatic hydroxyl groups is 1. The van der Waals surface area contributed by atoms with Crippen molar-refractivity contribution >= 4 is 10.0 Å². The van der Waals surface area contributed by atoms with E-state index in [4.69, 9.17) is 4.74 Å². The van der Waals surface area contributed by atoms with Gasteiger partial charge in [-0.05, 0) is 38.0 Å². The summed E-state index contributed by atoms with van der Waals surface area (Å²) in [5, 5.41) is 9.84. The molecular weight excluding hydrogens is 285 g/mol. The van der Waals surface area contributed by atoms with Gasteiger partial charge in [-0.2, -0.15) is 4.31 Å². The molecule has 7 heteroatoms. The first-order chi connectivity index (χ1) is 9.26. The van der Waals surface area contributed by atoms with Crippen molar-refractivity contribution in [2.24, 2.45) is 0 Å². The fraction of sp³-hybridized carbons (Fsp3) is 0.538. The molecule has 0 spiro atoms. The van der Waals surface area contributed by atoms with Crippen molar-refractivity contribution in [1.82, 2.24) is 4.31 Å². The monoisotopic (exact) mass is 303 g/mol. The predicted octanol–water partition coefficient (Wildman–Crippen LogP) is 1.37. The van der Waals surface area contributed by atoms with Crippen LogP contribution in [0.1, 0.15) is 19.8 Å². The van der Waals surface area contributed by atoms with Crippen molar-refractivity contribution in [1.29, 1.82) is 0 Å². The minimum absolute atomic E-state index is 0.00512. The van der Waals surface area contributed by atoms with Crippen molar-refractivity contribution in [3.05, 3.63) is 24.0 Å². The summed E-state index contributed by atoms with van der Waals surface area (Å²) in [7, 11) is -2.41. The molecule has 20 heavy (non-hydrogen) atoms. The van der Waals surface area contributed by atoms with Gasteiger partial charge < -0.3 is 9.84 Å². The Morgan fingerprint density at radius 1 is 1.35 bits per heavy atom. The lowest BCUT2D eigenvalue weighted by atomic mass is 9.95. The van der Waals surface area contributed by atoms with E-state index in [2.05, 4.69) is 0 Å². The largest absolute Gasteiger partial charge is 0.494 e. The van der Waals surface area contributed by atoms with Crippen LogP contribution in [-0.2, 0) is 10.0 Å². The maximum atomic E-state index is 13.6. The second kappa shape index (κ2) is 5.31. The molecule has 0 radical (unpaired) electrons. The van der Waals surface area contributed by atoms with Gasteiger partial charge in [-0.15, -0.1) is 0 Å². The quantitative estimate of drug-likeness (QED) is 0.916. The number of ether oxygens (including phenoxy) is 1. The average Bonchev–Trinajstić information content (AvgIpc) is 2.38. The Bertz CT molecular complexity index is 590. The van der Waals surface area contributed by atoms with Crippen LogP contribution in [0.3, 0.4) is 0 Å². The molecule has 0 atom stereocenters. The van der Waals surface area contributed by atoms with Gasteiger partial charge in [-0.1, -0.05) is 0 Å². The molecule has 0 unspecified atom stereocenters. The number of rotatable bonds is 3. The molecule has 1 aromatic rings. The summed E-state index contributed by atoms with van der Waals surface area (Å²) in [6.07, 6.45) is 0.732. The average molecular weight is 303 g/mol. The molecule has 1 aromatic carbocycles. The van der Waals surface area contributed by atoms with E-state index in [-0.39, 0.29) is 23.7 Å². The number of sulfonamides is 1. The van der Waals surface area contributed by atoms with E-state index in [0.717, 1.165) is 6.07 Å². The van der Waals surface area contributed by atoms with E-state index in [1.54, 1.807) is 6.92 Å². The zero-order chi connectivity index (χ0) is 15.0. The molecule has 1 saturated heterocycles. The highest BCUT2D eigenvalue weighted by atomic mass is 32.2. The lowest BCUT2D eigenvalue weighted by Crippen LogP contribution is -2.45. The maximum Gasteiger partial charge on any atom is 0.243 e. The first kappa shape index (κ1) is 15.2. The minimum Gasteiger partial charge on any atom is -0.494 e. The zero-order valence-corrected chi connectivity index (χ0v) is 12.3. The lowest BCUT2D eigenvalue weighted by Gasteiger charge is -2.34. The van der Waals surface area contributed by atoms with Gasteiger partial charge in [-0.3, -0.25) is 0 Å². The SMILES string of the molecule is COc1ccc(S(=O)(=O)N2CCC(C)(O)CC2)cc1F. The molecule has 0 aliphatic carbocycles. The van der Waals surface area contributed by atoms with Gasteiger partial charge in [0.05, 0.1) is 17.6 Å². The number of halogens is 1. The van der Waals surface area contributed by atoms with Crippen molar-refractivity contribution in [2.75, 3.05) is 20.2 Å². The Morgan fingerprint density at radius 2 is 1.95 bits per heavy atom. The van der Waals surface area contributed by atoms with Gasteiger partial charge in [0.25, 0.3) is 0 Å². The molecule has 1 aliphatic rings. The van der Waals surface area contributed by atoms with Crippen LogP contribution in [0.15, 0.2) is 23.1 Å².